The van der Waals surface area contributed by atoms with Gasteiger partial charge in [-0.1, -0.05) is 19.1 Å². The van der Waals surface area contributed by atoms with E-state index in [2.05, 4.69) is 55.3 Å². The Balaban J connectivity index is 2.72. The van der Waals surface area contributed by atoms with Crippen LogP contribution in [0.3, 0.4) is 0 Å². The number of hydrogen-bond donors (Lipinski definition) is 2. The Kier molecular flexibility index (Phi) is 6.01. The molecule has 0 radical (unpaired) electrons. The fraction of sp³-hybridized carbons (Fsp3) is 0.571. The molecule has 1 unspecified atom stereocenters. The standard InChI is InChI=1S/C14H24N2O/c1-4-15-12(3)13-6-8-14(9-7-13)16(5-2)10-11-17/h6-9,12,15,17H,4-5,10-11H2,1-3H3. The third kappa shape index (κ3) is 4.02. The lowest BCUT2D eigenvalue weighted by Crippen LogP contribution is -2.26. The molecule has 0 aromatic heterocycles. The van der Waals surface area contributed by atoms with E-state index in [4.69, 9.17) is 5.11 Å². The number of aliphatic hydroxyl groups is 1. The molecule has 0 heterocycles. The second-order valence-electron chi connectivity index (χ2n) is 4.17. The molecule has 1 rings (SSSR count). The summed E-state index contributed by atoms with van der Waals surface area (Å²) in [7, 11) is 0. The van der Waals surface area contributed by atoms with Crippen LogP contribution < -0.4 is 10.2 Å². The normalized spacial score (nSPS) is 12.5. The van der Waals surface area contributed by atoms with Crippen molar-refractivity contribution < 1.29 is 5.11 Å². The molecule has 17 heavy (non-hydrogen) atoms. The number of hydrogen-bond acceptors (Lipinski definition) is 3. The molecule has 3 heteroatoms. The Hall–Kier alpha value is -1.06. The molecule has 0 saturated heterocycles. The van der Waals surface area contributed by atoms with Gasteiger partial charge in [0.05, 0.1) is 6.61 Å². The van der Waals surface area contributed by atoms with Gasteiger partial charge in [-0.2, -0.15) is 0 Å². The fourth-order valence-electron chi connectivity index (χ4n) is 1.99. The van der Waals surface area contributed by atoms with Crippen LogP contribution in [0.15, 0.2) is 24.3 Å². The van der Waals surface area contributed by atoms with Gasteiger partial charge >= 0.3 is 0 Å². The van der Waals surface area contributed by atoms with Crippen molar-refractivity contribution >= 4 is 5.69 Å². The van der Waals surface area contributed by atoms with E-state index in [1.165, 1.54) is 11.3 Å². The molecule has 0 aliphatic carbocycles. The molecular weight excluding hydrogens is 212 g/mol. The lowest BCUT2D eigenvalue weighted by atomic mass is 10.1. The molecule has 0 aliphatic rings. The summed E-state index contributed by atoms with van der Waals surface area (Å²) in [5, 5.41) is 12.4. The molecule has 3 nitrogen and oxygen atoms in total. The van der Waals surface area contributed by atoms with Crippen LogP contribution in [0.5, 0.6) is 0 Å². The van der Waals surface area contributed by atoms with Crippen LogP contribution in [0.1, 0.15) is 32.4 Å². The predicted octanol–water partition coefficient (Wildman–Crippen LogP) is 2.18. The van der Waals surface area contributed by atoms with E-state index >= 15 is 0 Å². The highest BCUT2D eigenvalue weighted by Crippen LogP contribution is 2.18. The molecule has 0 spiro atoms. The van der Waals surface area contributed by atoms with Gasteiger partial charge < -0.3 is 15.3 Å². The molecule has 0 amide bonds. The zero-order valence-electron chi connectivity index (χ0n) is 11.1. The van der Waals surface area contributed by atoms with E-state index in [0.29, 0.717) is 12.6 Å². The number of likely N-dealkylation sites (N-methyl/N-ethyl adjacent to an activating group) is 1. The lowest BCUT2D eigenvalue weighted by Gasteiger charge is -2.22. The molecule has 0 aliphatic heterocycles. The largest absolute Gasteiger partial charge is 0.395 e. The molecular formula is C14H24N2O. The SMILES string of the molecule is CCNC(C)c1ccc(N(CC)CCO)cc1. The Labute approximate surface area is 104 Å². The Morgan fingerprint density at radius 2 is 1.88 bits per heavy atom. The van der Waals surface area contributed by atoms with Crippen molar-refractivity contribution in [2.75, 3.05) is 31.1 Å². The van der Waals surface area contributed by atoms with E-state index in [0.717, 1.165) is 13.1 Å². The maximum absolute atomic E-state index is 8.99. The van der Waals surface area contributed by atoms with Crippen molar-refractivity contribution in [2.45, 2.75) is 26.8 Å². The first-order valence-electron chi connectivity index (χ1n) is 6.42. The van der Waals surface area contributed by atoms with E-state index in [9.17, 15) is 0 Å². The highest BCUT2D eigenvalue weighted by Gasteiger charge is 2.06. The van der Waals surface area contributed by atoms with Crippen molar-refractivity contribution in [3.8, 4) is 0 Å². The number of rotatable bonds is 7. The second kappa shape index (κ2) is 7.30. The number of nitrogens with zero attached hydrogens (tertiary/aromatic N) is 1. The fourth-order valence-corrected chi connectivity index (χ4v) is 1.99. The summed E-state index contributed by atoms with van der Waals surface area (Å²) >= 11 is 0. The van der Waals surface area contributed by atoms with Crippen LogP contribution in [-0.2, 0) is 0 Å². The van der Waals surface area contributed by atoms with E-state index in [1.807, 2.05) is 0 Å². The monoisotopic (exact) mass is 236 g/mol. The molecule has 1 aromatic carbocycles. The molecule has 1 aromatic rings. The number of anilines is 1. The first-order valence-corrected chi connectivity index (χ1v) is 6.42. The minimum atomic E-state index is 0.198. The van der Waals surface area contributed by atoms with Crippen LogP contribution in [0, 0.1) is 0 Å². The van der Waals surface area contributed by atoms with Gasteiger partial charge in [0.25, 0.3) is 0 Å². The van der Waals surface area contributed by atoms with Gasteiger partial charge in [0.2, 0.25) is 0 Å². The van der Waals surface area contributed by atoms with Crippen LogP contribution in [0.25, 0.3) is 0 Å². The van der Waals surface area contributed by atoms with Crippen molar-refractivity contribution in [1.29, 1.82) is 0 Å². The number of benzene rings is 1. The average molecular weight is 236 g/mol. The minimum Gasteiger partial charge on any atom is -0.395 e. The quantitative estimate of drug-likeness (QED) is 0.761. The first-order chi connectivity index (χ1) is 8.22. The van der Waals surface area contributed by atoms with Gasteiger partial charge in [-0.25, -0.2) is 0 Å². The summed E-state index contributed by atoms with van der Waals surface area (Å²) in [6.45, 7) is 9.18. The maximum Gasteiger partial charge on any atom is 0.0606 e. The van der Waals surface area contributed by atoms with Crippen LogP contribution in [-0.4, -0.2) is 31.3 Å². The van der Waals surface area contributed by atoms with Gasteiger partial charge in [-0.05, 0) is 38.1 Å². The Morgan fingerprint density at radius 3 is 2.35 bits per heavy atom. The van der Waals surface area contributed by atoms with E-state index in [1.54, 1.807) is 0 Å². The first kappa shape index (κ1) is 14.0. The van der Waals surface area contributed by atoms with Gasteiger partial charge in [-0.15, -0.1) is 0 Å². The maximum atomic E-state index is 8.99. The summed E-state index contributed by atoms with van der Waals surface area (Å²) in [6.07, 6.45) is 0. The Bertz CT molecular complexity index is 311. The zero-order chi connectivity index (χ0) is 12.7. The van der Waals surface area contributed by atoms with Crippen molar-refractivity contribution in [3.05, 3.63) is 29.8 Å². The predicted molar refractivity (Wildman–Crippen MR) is 73.5 cm³/mol. The number of aliphatic hydroxyl groups excluding tert-OH is 1. The molecule has 1 atom stereocenters. The van der Waals surface area contributed by atoms with E-state index < -0.39 is 0 Å². The lowest BCUT2D eigenvalue weighted by molar-refractivity contribution is 0.302. The average Bonchev–Trinajstić information content (AvgIpc) is 2.36. The molecule has 0 bridgehead atoms. The highest BCUT2D eigenvalue weighted by atomic mass is 16.3. The van der Waals surface area contributed by atoms with Crippen molar-refractivity contribution in [2.24, 2.45) is 0 Å². The summed E-state index contributed by atoms with van der Waals surface area (Å²) in [5.41, 5.74) is 2.48. The molecule has 0 saturated carbocycles. The van der Waals surface area contributed by atoms with Crippen LogP contribution >= 0.6 is 0 Å². The van der Waals surface area contributed by atoms with Crippen molar-refractivity contribution in [1.82, 2.24) is 5.32 Å². The summed E-state index contributed by atoms with van der Waals surface area (Å²) in [5.74, 6) is 0. The second-order valence-corrected chi connectivity index (χ2v) is 4.17. The minimum absolute atomic E-state index is 0.198. The van der Waals surface area contributed by atoms with E-state index in [-0.39, 0.29) is 6.61 Å². The van der Waals surface area contributed by atoms with Gasteiger partial charge in [-0.3, -0.25) is 0 Å². The Morgan fingerprint density at radius 1 is 1.24 bits per heavy atom. The van der Waals surface area contributed by atoms with Gasteiger partial charge in [0.1, 0.15) is 0 Å². The highest BCUT2D eigenvalue weighted by molar-refractivity contribution is 5.47. The third-order valence-corrected chi connectivity index (χ3v) is 3.02. The number of nitrogens with one attached hydrogen (secondary N) is 1. The summed E-state index contributed by atoms with van der Waals surface area (Å²) in [6, 6.07) is 8.96. The smallest absolute Gasteiger partial charge is 0.0606 e. The summed E-state index contributed by atoms with van der Waals surface area (Å²) < 4.78 is 0. The molecule has 0 fully saturated rings. The van der Waals surface area contributed by atoms with Gasteiger partial charge in [0, 0.05) is 24.8 Å². The van der Waals surface area contributed by atoms with Gasteiger partial charge in [0.15, 0.2) is 0 Å². The van der Waals surface area contributed by atoms with Crippen LogP contribution in [0.2, 0.25) is 0 Å². The third-order valence-electron chi connectivity index (χ3n) is 3.02. The summed E-state index contributed by atoms with van der Waals surface area (Å²) in [4.78, 5) is 2.17. The zero-order valence-corrected chi connectivity index (χ0v) is 11.1. The van der Waals surface area contributed by atoms with Crippen LogP contribution in [0.4, 0.5) is 5.69 Å². The molecule has 2 N–H and O–H groups in total. The molecule has 96 valence electrons. The topological polar surface area (TPSA) is 35.5 Å². The van der Waals surface area contributed by atoms with Crippen molar-refractivity contribution in [3.63, 3.8) is 0 Å².